The molecule has 0 aromatic rings. The number of carbonyl (C=O) groups excluding carboxylic acids is 1. The van der Waals surface area contributed by atoms with Gasteiger partial charge in [-0.3, -0.25) is 4.90 Å². The third kappa shape index (κ3) is 1.91. The van der Waals surface area contributed by atoms with Gasteiger partial charge in [0.25, 0.3) is 0 Å². The average Bonchev–Trinajstić information content (AvgIpc) is 2.86. The highest BCUT2D eigenvalue weighted by Crippen LogP contribution is 2.22. The van der Waals surface area contributed by atoms with Gasteiger partial charge >= 0.3 is 5.97 Å². The molecular formula is C10H17NO3. The van der Waals surface area contributed by atoms with Gasteiger partial charge in [-0.2, -0.15) is 0 Å². The van der Waals surface area contributed by atoms with E-state index in [1.165, 1.54) is 20.0 Å². The molecule has 14 heavy (non-hydrogen) atoms. The minimum Gasteiger partial charge on any atom is -0.467 e. The summed E-state index contributed by atoms with van der Waals surface area (Å²) in [5.74, 6) is -0.230. The molecule has 0 bridgehead atoms. The molecule has 2 aliphatic rings. The molecule has 0 aromatic heterocycles. The van der Waals surface area contributed by atoms with Crippen LogP contribution in [0.1, 0.15) is 19.3 Å². The summed E-state index contributed by atoms with van der Waals surface area (Å²) < 4.78 is 10.1. The van der Waals surface area contributed by atoms with Gasteiger partial charge in [-0.25, -0.2) is 4.79 Å². The first-order valence-electron chi connectivity index (χ1n) is 5.24. The number of rotatable bonds is 2. The first-order valence-corrected chi connectivity index (χ1v) is 5.24. The Morgan fingerprint density at radius 2 is 2.14 bits per heavy atom. The Bertz CT molecular complexity index is 213. The Morgan fingerprint density at radius 1 is 1.43 bits per heavy atom. The van der Waals surface area contributed by atoms with Crippen molar-refractivity contribution in [3.63, 3.8) is 0 Å². The molecule has 0 saturated carbocycles. The Morgan fingerprint density at radius 3 is 2.79 bits per heavy atom. The second-order valence-electron chi connectivity index (χ2n) is 3.98. The maximum atomic E-state index is 11.2. The van der Waals surface area contributed by atoms with Gasteiger partial charge in [0.05, 0.1) is 13.7 Å². The van der Waals surface area contributed by atoms with Gasteiger partial charge in [-0.15, -0.1) is 0 Å². The number of esters is 1. The number of likely N-dealkylation sites (tertiary alicyclic amines) is 1. The summed E-state index contributed by atoms with van der Waals surface area (Å²) in [7, 11) is 1.41. The van der Waals surface area contributed by atoms with Gasteiger partial charge < -0.3 is 9.47 Å². The molecule has 2 saturated heterocycles. The monoisotopic (exact) mass is 199 g/mol. The van der Waals surface area contributed by atoms with E-state index < -0.39 is 0 Å². The van der Waals surface area contributed by atoms with Crippen LogP contribution in [0, 0.1) is 0 Å². The molecule has 0 spiro atoms. The number of hydrogen-bond donors (Lipinski definition) is 0. The largest absolute Gasteiger partial charge is 0.467 e. The van der Waals surface area contributed by atoms with Crippen LogP contribution in [0.3, 0.4) is 0 Å². The van der Waals surface area contributed by atoms with E-state index in [2.05, 4.69) is 9.64 Å². The number of carbonyl (C=O) groups is 1. The quantitative estimate of drug-likeness (QED) is 0.604. The zero-order valence-corrected chi connectivity index (χ0v) is 8.57. The third-order valence-corrected chi connectivity index (χ3v) is 3.10. The van der Waals surface area contributed by atoms with Gasteiger partial charge in [-0.1, -0.05) is 0 Å². The summed E-state index contributed by atoms with van der Waals surface area (Å²) in [6, 6.07) is 0.432. The standard InChI is InChI=1S/C10H17NO3/c1-13-10(12)9-6-8(7-14-9)11-4-2-3-5-11/h8-9H,2-7H2,1H3. The number of ether oxygens (including phenoxy) is 2. The summed E-state index contributed by atoms with van der Waals surface area (Å²) in [6.45, 7) is 2.99. The Balaban J connectivity index is 1.84. The van der Waals surface area contributed by atoms with E-state index in [1.54, 1.807) is 0 Å². The molecule has 4 heteroatoms. The van der Waals surface area contributed by atoms with Crippen LogP contribution >= 0.6 is 0 Å². The van der Waals surface area contributed by atoms with E-state index in [-0.39, 0.29) is 12.1 Å². The number of nitrogens with zero attached hydrogens (tertiary/aromatic N) is 1. The lowest BCUT2D eigenvalue weighted by Crippen LogP contribution is -2.33. The molecule has 0 aliphatic carbocycles. The summed E-state index contributed by atoms with van der Waals surface area (Å²) >= 11 is 0. The molecule has 2 atom stereocenters. The maximum Gasteiger partial charge on any atom is 0.335 e. The van der Waals surface area contributed by atoms with E-state index in [9.17, 15) is 4.79 Å². The Labute approximate surface area is 84.2 Å². The highest BCUT2D eigenvalue weighted by molar-refractivity contribution is 5.74. The van der Waals surface area contributed by atoms with Gasteiger partial charge in [0.2, 0.25) is 0 Å². The van der Waals surface area contributed by atoms with Crippen molar-refractivity contribution in [2.45, 2.75) is 31.4 Å². The molecule has 0 radical (unpaired) electrons. The molecule has 4 nitrogen and oxygen atoms in total. The fraction of sp³-hybridized carbons (Fsp3) is 0.900. The van der Waals surface area contributed by atoms with Crippen molar-refractivity contribution < 1.29 is 14.3 Å². The lowest BCUT2D eigenvalue weighted by molar-refractivity contribution is -0.151. The smallest absolute Gasteiger partial charge is 0.335 e. The van der Waals surface area contributed by atoms with Crippen LogP contribution in [-0.2, 0) is 14.3 Å². The van der Waals surface area contributed by atoms with Crippen molar-refractivity contribution >= 4 is 5.97 Å². The van der Waals surface area contributed by atoms with Gasteiger partial charge in [-0.05, 0) is 25.9 Å². The fourth-order valence-corrected chi connectivity index (χ4v) is 2.27. The summed E-state index contributed by atoms with van der Waals surface area (Å²) in [5.41, 5.74) is 0. The fourth-order valence-electron chi connectivity index (χ4n) is 2.27. The predicted octanol–water partition coefficient (Wildman–Crippen LogP) is 0.413. The molecule has 0 aromatic carbocycles. The highest BCUT2D eigenvalue weighted by atomic mass is 16.6. The summed E-state index contributed by atoms with van der Waals surface area (Å²) in [5, 5.41) is 0. The van der Waals surface area contributed by atoms with Crippen molar-refractivity contribution in [1.29, 1.82) is 0 Å². The minimum absolute atomic E-state index is 0.230. The van der Waals surface area contributed by atoms with Crippen molar-refractivity contribution in [1.82, 2.24) is 4.90 Å². The van der Waals surface area contributed by atoms with E-state index in [0.717, 1.165) is 19.5 Å². The molecule has 2 heterocycles. The normalized spacial score (nSPS) is 33.5. The van der Waals surface area contributed by atoms with Crippen LogP contribution in [0.25, 0.3) is 0 Å². The van der Waals surface area contributed by atoms with Gasteiger partial charge in [0.15, 0.2) is 6.10 Å². The topological polar surface area (TPSA) is 38.8 Å². The minimum atomic E-state index is -0.328. The summed E-state index contributed by atoms with van der Waals surface area (Å²) in [4.78, 5) is 13.6. The van der Waals surface area contributed by atoms with E-state index >= 15 is 0 Å². The zero-order valence-electron chi connectivity index (χ0n) is 8.57. The molecule has 0 N–H and O–H groups in total. The second kappa shape index (κ2) is 4.28. The average molecular weight is 199 g/mol. The lowest BCUT2D eigenvalue weighted by atomic mass is 10.1. The van der Waals surface area contributed by atoms with Crippen LogP contribution in [-0.4, -0.2) is 49.8 Å². The van der Waals surface area contributed by atoms with Crippen LogP contribution < -0.4 is 0 Å². The van der Waals surface area contributed by atoms with Crippen molar-refractivity contribution in [3.8, 4) is 0 Å². The zero-order chi connectivity index (χ0) is 9.97. The molecule has 80 valence electrons. The van der Waals surface area contributed by atoms with Crippen molar-refractivity contribution in [2.24, 2.45) is 0 Å². The second-order valence-corrected chi connectivity index (χ2v) is 3.98. The molecular weight excluding hydrogens is 182 g/mol. The van der Waals surface area contributed by atoms with E-state index in [1.807, 2.05) is 0 Å². The highest BCUT2D eigenvalue weighted by Gasteiger charge is 2.35. The van der Waals surface area contributed by atoms with Crippen LogP contribution in [0.4, 0.5) is 0 Å². The van der Waals surface area contributed by atoms with Crippen LogP contribution in [0.2, 0.25) is 0 Å². The molecule has 2 unspecified atom stereocenters. The first-order chi connectivity index (χ1) is 6.81. The molecule has 2 fully saturated rings. The van der Waals surface area contributed by atoms with Gasteiger partial charge in [0.1, 0.15) is 0 Å². The number of hydrogen-bond acceptors (Lipinski definition) is 4. The Kier molecular flexibility index (Phi) is 3.03. The van der Waals surface area contributed by atoms with Crippen molar-refractivity contribution in [3.05, 3.63) is 0 Å². The van der Waals surface area contributed by atoms with Crippen LogP contribution in [0.15, 0.2) is 0 Å². The predicted molar refractivity (Wildman–Crippen MR) is 51.0 cm³/mol. The first kappa shape index (κ1) is 9.93. The van der Waals surface area contributed by atoms with Crippen LogP contribution in [0.5, 0.6) is 0 Å². The third-order valence-electron chi connectivity index (χ3n) is 3.10. The lowest BCUT2D eigenvalue weighted by Gasteiger charge is -2.21. The molecule has 2 rings (SSSR count). The summed E-state index contributed by atoms with van der Waals surface area (Å²) in [6.07, 6.45) is 3.02. The molecule has 0 amide bonds. The molecule has 2 aliphatic heterocycles. The number of methoxy groups -OCH3 is 1. The van der Waals surface area contributed by atoms with E-state index in [0.29, 0.717) is 12.6 Å². The van der Waals surface area contributed by atoms with Gasteiger partial charge in [0, 0.05) is 12.5 Å². The maximum absolute atomic E-state index is 11.2. The Hall–Kier alpha value is -0.610. The van der Waals surface area contributed by atoms with Crippen molar-refractivity contribution in [2.75, 3.05) is 26.8 Å². The SMILES string of the molecule is COC(=O)C1CC(N2CCCC2)CO1. The van der Waals surface area contributed by atoms with E-state index in [4.69, 9.17) is 4.74 Å².